The van der Waals surface area contributed by atoms with E-state index < -0.39 is 5.97 Å². The fourth-order valence-corrected chi connectivity index (χ4v) is 2.69. The van der Waals surface area contributed by atoms with Crippen molar-refractivity contribution in [2.45, 2.75) is 6.61 Å². The Morgan fingerprint density at radius 2 is 1.92 bits per heavy atom. The van der Waals surface area contributed by atoms with Gasteiger partial charge in [-0.15, -0.1) is 5.10 Å². The van der Waals surface area contributed by atoms with Crippen LogP contribution in [0.25, 0.3) is 16.6 Å². The number of benzene rings is 2. The average molecular weight is 366 g/mol. The van der Waals surface area contributed by atoms with Gasteiger partial charge in [0.25, 0.3) is 0 Å². The molecule has 0 saturated carbocycles. The number of nitrogens with zero attached hydrogens (tertiary/aromatic N) is 5. The highest BCUT2D eigenvalue weighted by Crippen LogP contribution is 2.21. The van der Waals surface area contributed by atoms with Gasteiger partial charge in [0, 0.05) is 10.9 Å². The average Bonchev–Trinajstić information content (AvgIpc) is 3.21. The van der Waals surface area contributed by atoms with Gasteiger partial charge in [-0.2, -0.15) is 0 Å². The number of carbonyl (C=O) groups is 1. The van der Waals surface area contributed by atoms with Crippen molar-refractivity contribution >= 4 is 28.5 Å². The maximum atomic E-state index is 12.3. The molecule has 4 rings (SSSR count). The minimum absolute atomic E-state index is 0.0459. The third-order valence-electron chi connectivity index (χ3n) is 3.83. The molecule has 0 bridgehead atoms. The molecule has 0 spiro atoms. The van der Waals surface area contributed by atoms with Crippen LogP contribution in [-0.4, -0.2) is 31.2 Å². The zero-order chi connectivity index (χ0) is 17.9. The Morgan fingerprint density at radius 3 is 2.69 bits per heavy atom. The number of aromatic nitrogens is 5. The second kappa shape index (κ2) is 6.89. The summed E-state index contributed by atoms with van der Waals surface area (Å²) in [5, 5.41) is 12.2. The highest BCUT2D eigenvalue weighted by atomic mass is 35.5. The highest BCUT2D eigenvalue weighted by molar-refractivity contribution is 6.30. The number of para-hydroxylation sites is 1. The van der Waals surface area contributed by atoms with E-state index in [9.17, 15) is 4.79 Å². The summed E-state index contributed by atoms with van der Waals surface area (Å²) in [4.78, 5) is 16.6. The largest absolute Gasteiger partial charge is 0.457 e. The van der Waals surface area contributed by atoms with E-state index in [0.717, 1.165) is 16.6 Å². The van der Waals surface area contributed by atoms with Crippen molar-refractivity contribution in [3.05, 3.63) is 77.2 Å². The van der Waals surface area contributed by atoms with Crippen LogP contribution in [0.1, 0.15) is 15.9 Å². The second-order valence-corrected chi connectivity index (χ2v) is 5.87. The van der Waals surface area contributed by atoms with Crippen LogP contribution >= 0.6 is 11.6 Å². The van der Waals surface area contributed by atoms with E-state index in [1.807, 2.05) is 30.3 Å². The summed E-state index contributed by atoms with van der Waals surface area (Å²) in [7, 11) is 0. The van der Waals surface area contributed by atoms with Gasteiger partial charge in [0.05, 0.1) is 16.8 Å². The number of ether oxygens (including phenoxy) is 1. The lowest BCUT2D eigenvalue weighted by Gasteiger charge is -2.08. The number of hydrogen-bond acceptors (Lipinski definition) is 6. The predicted molar refractivity (Wildman–Crippen MR) is 95.0 cm³/mol. The Hall–Kier alpha value is -3.32. The van der Waals surface area contributed by atoms with Crippen LogP contribution in [0.2, 0.25) is 5.15 Å². The molecule has 26 heavy (non-hydrogen) atoms. The van der Waals surface area contributed by atoms with Crippen molar-refractivity contribution in [1.29, 1.82) is 0 Å². The van der Waals surface area contributed by atoms with Crippen molar-refractivity contribution in [3.8, 4) is 5.69 Å². The van der Waals surface area contributed by atoms with E-state index in [2.05, 4.69) is 20.5 Å². The summed E-state index contributed by atoms with van der Waals surface area (Å²) in [6.45, 7) is 0.0459. The number of hydrogen-bond donors (Lipinski definition) is 0. The molecule has 0 saturated heterocycles. The molecule has 0 aliphatic carbocycles. The lowest BCUT2D eigenvalue weighted by molar-refractivity contribution is 0.0472. The van der Waals surface area contributed by atoms with E-state index in [0.29, 0.717) is 16.3 Å². The molecule has 4 aromatic rings. The Labute approximate surface area is 153 Å². The maximum absolute atomic E-state index is 12.3. The van der Waals surface area contributed by atoms with Gasteiger partial charge in [-0.3, -0.25) is 0 Å². The second-order valence-electron chi connectivity index (χ2n) is 5.51. The molecule has 128 valence electrons. The number of carbonyl (C=O) groups excluding carboxylic acids is 1. The number of tetrazole rings is 1. The zero-order valence-electron chi connectivity index (χ0n) is 13.4. The fraction of sp³-hybridized carbons (Fsp3) is 0.0556. The number of esters is 1. The van der Waals surface area contributed by atoms with Crippen molar-refractivity contribution in [2.24, 2.45) is 0 Å². The smallest absolute Gasteiger partial charge is 0.338 e. The minimum Gasteiger partial charge on any atom is -0.457 e. The highest BCUT2D eigenvalue weighted by Gasteiger charge is 2.11. The van der Waals surface area contributed by atoms with Crippen LogP contribution in [0.3, 0.4) is 0 Å². The summed E-state index contributed by atoms with van der Waals surface area (Å²) in [5.74, 6) is -0.447. The van der Waals surface area contributed by atoms with Gasteiger partial charge in [-0.05, 0) is 46.8 Å². The number of rotatable bonds is 4. The molecule has 0 aliphatic rings. The molecule has 2 aromatic carbocycles. The predicted octanol–water partition coefficient (Wildman–Crippen LogP) is 3.22. The zero-order valence-corrected chi connectivity index (χ0v) is 14.2. The molecule has 0 aliphatic heterocycles. The summed E-state index contributed by atoms with van der Waals surface area (Å²) in [6.07, 6.45) is 1.47. The number of fused-ring (bicyclic) bond motifs is 1. The summed E-state index contributed by atoms with van der Waals surface area (Å²) in [6, 6.07) is 16.3. The van der Waals surface area contributed by atoms with Crippen LogP contribution < -0.4 is 0 Å². The summed E-state index contributed by atoms with van der Waals surface area (Å²) >= 11 is 6.19. The van der Waals surface area contributed by atoms with Gasteiger partial charge < -0.3 is 4.74 Å². The number of halogens is 1. The van der Waals surface area contributed by atoms with E-state index >= 15 is 0 Å². The van der Waals surface area contributed by atoms with Gasteiger partial charge >= 0.3 is 5.97 Å². The first kappa shape index (κ1) is 16.2. The van der Waals surface area contributed by atoms with Crippen molar-refractivity contribution in [1.82, 2.24) is 25.2 Å². The fourth-order valence-electron chi connectivity index (χ4n) is 2.49. The van der Waals surface area contributed by atoms with E-state index in [1.54, 1.807) is 24.3 Å². The van der Waals surface area contributed by atoms with Crippen LogP contribution in [-0.2, 0) is 11.3 Å². The van der Waals surface area contributed by atoms with Gasteiger partial charge in [0.15, 0.2) is 0 Å². The lowest BCUT2D eigenvalue weighted by Crippen LogP contribution is -2.06. The molecule has 8 heteroatoms. The minimum atomic E-state index is -0.447. The Balaban J connectivity index is 1.48. The molecule has 2 aromatic heterocycles. The molecular formula is C18H12ClN5O2. The van der Waals surface area contributed by atoms with Gasteiger partial charge in [0.1, 0.15) is 18.1 Å². The van der Waals surface area contributed by atoms with Crippen LogP contribution in [0.15, 0.2) is 60.9 Å². The molecule has 0 unspecified atom stereocenters. The van der Waals surface area contributed by atoms with Crippen LogP contribution in [0.4, 0.5) is 0 Å². The Bertz CT molecular complexity index is 1060. The maximum Gasteiger partial charge on any atom is 0.338 e. The first-order valence-electron chi connectivity index (χ1n) is 7.75. The third kappa shape index (κ3) is 3.25. The van der Waals surface area contributed by atoms with Crippen LogP contribution in [0.5, 0.6) is 0 Å². The quantitative estimate of drug-likeness (QED) is 0.408. The SMILES string of the molecule is O=C(OCc1cc2ccccc2nc1Cl)c1ccc(-n2cnnn2)cc1. The van der Waals surface area contributed by atoms with Crippen LogP contribution in [0, 0.1) is 0 Å². The van der Waals surface area contributed by atoms with Crippen molar-refractivity contribution in [3.63, 3.8) is 0 Å². The standard InChI is InChI=1S/C18H12ClN5O2/c19-17-14(9-13-3-1-2-4-16(13)21-17)10-26-18(25)12-5-7-15(8-6-12)24-11-20-22-23-24/h1-9,11H,10H2. The Kier molecular flexibility index (Phi) is 4.28. The summed E-state index contributed by atoms with van der Waals surface area (Å²) in [5.41, 5.74) is 2.62. The Morgan fingerprint density at radius 1 is 1.12 bits per heavy atom. The van der Waals surface area contributed by atoms with E-state index in [-0.39, 0.29) is 6.61 Å². The monoisotopic (exact) mass is 365 g/mol. The lowest BCUT2D eigenvalue weighted by atomic mass is 10.1. The number of pyridine rings is 1. The molecule has 2 heterocycles. The molecule has 0 fully saturated rings. The first-order valence-corrected chi connectivity index (χ1v) is 8.13. The summed E-state index contributed by atoms with van der Waals surface area (Å²) < 4.78 is 6.86. The first-order chi connectivity index (χ1) is 12.7. The molecule has 0 atom stereocenters. The van der Waals surface area contributed by atoms with Crippen molar-refractivity contribution in [2.75, 3.05) is 0 Å². The van der Waals surface area contributed by atoms with Gasteiger partial charge in [-0.1, -0.05) is 29.8 Å². The van der Waals surface area contributed by atoms with Crippen molar-refractivity contribution < 1.29 is 9.53 Å². The topological polar surface area (TPSA) is 82.8 Å². The molecule has 0 N–H and O–H groups in total. The van der Waals surface area contributed by atoms with E-state index in [4.69, 9.17) is 16.3 Å². The third-order valence-corrected chi connectivity index (χ3v) is 4.15. The van der Waals surface area contributed by atoms with Gasteiger partial charge in [0.2, 0.25) is 0 Å². The molecule has 0 radical (unpaired) electrons. The molecular weight excluding hydrogens is 354 g/mol. The molecule has 7 nitrogen and oxygen atoms in total. The van der Waals surface area contributed by atoms with Gasteiger partial charge in [-0.25, -0.2) is 14.5 Å². The normalized spacial score (nSPS) is 10.8. The van der Waals surface area contributed by atoms with E-state index in [1.165, 1.54) is 11.0 Å². The molecule has 0 amide bonds.